The van der Waals surface area contributed by atoms with Crippen LogP contribution in [0.3, 0.4) is 0 Å². The van der Waals surface area contributed by atoms with Crippen LogP contribution in [-0.2, 0) is 12.7 Å². The highest BCUT2D eigenvalue weighted by Crippen LogP contribution is 2.32. The Morgan fingerprint density at radius 2 is 1.90 bits per heavy atom. The molecule has 1 heterocycles. The molecule has 0 aliphatic carbocycles. The van der Waals surface area contributed by atoms with Gasteiger partial charge in [-0.1, -0.05) is 18.2 Å². The predicted molar refractivity (Wildman–Crippen MR) is 70.0 cm³/mol. The Balaban J connectivity index is 2.24. The summed E-state index contributed by atoms with van der Waals surface area (Å²) >= 11 is 0. The van der Waals surface area contributed by atoms with E-state index in [2.05, 4.69) is 10.3 Å². The first kappa shape index (κ1) is 14.8. The molecule has 1 aromatic carbocycles. The van der Waals surface area contributed by atoms with Gasteiger partial charge in [-0.05, 0) is 23.8 Å². The van der Waals surface area contributed by atoms with E-state index in [0.717, 1.165) is 6.07 Å². The van der Waals surface area contributed by atoms with Crippen molar-refractivity contribution in [2.24, 2.45) is 0 Å². The van der Waals surface area contributed by atoms with E-state index in [-0.39, 0.29) is 23.5 Å². The van der Waals surface area contributed by atoms with E-state index in [1.807, 2.05) is 0 Å². The van der Waals surface area contributed by atoms with Crippen LogP contribution in [0.1, 0.15) is 21.5 Å². The Kier molecular flexibility index (Phi) is 4.11. The third-order valence-corrected chi connectivity index (χ3v) is 2.81. The molecular formula is C14H11F3N2O2. The molecule has 0 aliphatic rings. The summed E-state index contributed by atoms with van der Waals surface area (Å²) in [5.41, 5.74) is -0.834. The van der Waals surface area contributed by atoms with E-state index < -0.39 is 17.7 Å². The Labute approximate surface area is 118 Å². The lowest BCUT2D eigenvalue weighted by atomic mass is 10.1. The van der Waals surface area contributed by atoms with Gasteiger partial charge in [0, 0.05) is 12.7 Å². The summed E-state index contributed by atoms with van der Waals surface area (Å²) in [6, 6.07) is 7.87. The topological polar surface area (TPSA) is 62.2 Å². The van der Waals surface area contributed by atoms with Gasteiger partial charge in [0.1, 0.15) is 11.4 Å². The monoisotopic (exact) mass is 296 g/mol. The summed E-state index contributed by atoms with van der Waals surface area (Å²) in [4.78, 5) is 14.8. The van der Waals surface area contributed by atoms with Gasteiger partial charge in [-0.2, -0.15) is 13.2 Å². The molecule has 0 spiro atoms. The van der Waals surface area contributed by atoms with Crippen LogP contribution in [-0.4, -0.2) is 16.1 Å². The first-order valence-electron chi connectivity index (χ1n) is 5.97. The molecule has 110 valence electrons. The Hall–Kier alpha value is -2.57. The van der Waals surface area contributed by atoms with Crippen LogP contribution in [0.15, 0.2) is 42.6 Å². The van der Waals surface area contributed by atoms with E-state index in [1.165, 1.54) is 36.5 Å². The van der Waals surface area contributed by atoms with Gasteiger partial charge in [0.2, 0.25) is 0 Å². The number of carboxylic acid groups (broad SMARTS) is 1. The third kappa shape index (κ3) is 3.50. The number of nitrogens with zero attached hydrogens (tertiary/aromatic N) is 1. The van der Waals surface area contributed by atoms with Crippen molar-refractivity contribution >= 4 is 11.8 Å². The minimum Gasteiger partial charge on any atom is -0.478 e. The van der Waals surface area contributed by atoms with Crippen molar-refractivity contribution in [2.75, 3.05) is 5.32 Å². The number of aromatic carboxylic acids is 1. The summed E-state index contributed by atoms with van der Waals surface area (Å²) in [6.07, 6.45) is -3.09. The Morgan fingerprint density at radius 1 is 1.19 bits per heavy atom. The van der Waals surface area contributed by atoms with E-state index in [9.17, 15) is 18.0 Å². The number of halogens is 3. The van der Waals surface area contributed by atoms with E-state index in [0.29, 0.717) is 0 Å². The number of carbonyl (C=O) groups is 1. The van der Waals surface area contributed by atoms with Crippen molar-refractivity contribution in [1.29, 1.82) is 0 Å². The van der Waals surface area contributed by atoms with Crippen molar-refractivity contribution in [2.45, 2.75) is 12.7 Å². The number of anilines is 1. The highest BCUT2D eigenvalue weighted by molar-refractivity contribution is 5.92. The quantitative estimate of drug-likeness (QED) is 0.907. The second-order valence-corrected chi connectivity index (χ2v) is 4.21. The molecule has 0 saturated carbocycles. The van der Waals surface area contributed by atoms with Crippen LogP contribution in [0.5, 0.6) is 0 Å². The summed E-state index contributed by atoms with van der Waals surface area (Å²) in [5, 5.41) is 11.6. The second kappa shape index (κ2) is 5.82. The van der Waals surface area contributed by atoms with Gasteiger partial charge >= 0.3 is 12.1 Å². The molecular weight excluding hydrogens is 285 g/mol. The van der Waals surface area contributed by atoms with Crippen LogP contribution in [0.2, 0.25) is 0 Å². The minimum atomic E-state index is -4.46. The lowest BCUT2D eigenvalue weighted by Gasteiger charge is -2.14. The van der Waals surface area contributed by atoms with Crippen LogP contribution >= 0.6 is 0 Å². The number of hydrogen-bond acceptors (Lipinski definition) is 3. The normalized spacial score (nSPS) is 11.2. The first-order valence-corrected chi connectivity index (χ1v) is 5.97. The Morgan fingerprint density at radius 3 is 2.57 bits per heavy atom. The second-order valence-electron chi connectivity index (χ2n) is 4.21. The maximum absolute atomic E-state index is 12.8. The molecule has 0 unspecified atom stereocenters. The molecule has 0 bridgehead atoms. The van der Waals surface area contributed by atoms with E-state index in [4.69, 9.17) is 5.11 Å². The average Bonchev–Trinajstić information content (AvgIpc) is 2.44. The zero-order valence-corrected chi connectivity index (χ0v) is 10.7. The van der Waals surface area contributed by atoms with Crippen LogP contribution in [0.4, 0.5) is 19.0 Å². The highest BCUT2D eigenvalue weighted by atomic mass is 19.4. The largest absolute Gasteiger partial charge is 0.478 e. The highest BCUT2D eigenvalue weighted by Gasteiger charge is 2.32. The molecule has 0 amide bonds. The van der Waals surface area contributed by atoms with E-state index in [1.54, 1.807) is 0 Å². The number of hydrogen-bond donors (Lipinski definition) is 2. The SMILES string of the molecule is O=C(O)c1cccnc1NCc1ccccc1C(F)(F)F. The number of benzene rings is 1. The Bertz CT molecular complexity index is 657. The number of alkyl halides is 3. The fraction of sp³-hybridized carbons (Fsp3) is 0.143. The van der Waals surface area contributed by atoms with Crippen molar-refractivity contribution in [3.8, 4) is 0 Å². The maximum Gasteiger partial charge on any atom is 0.416 e. The minimum absolute atomic E-state index is 0.0204. The third-order valence-electron chi connectivity index (χ3n) is 2.81. The van der Waals surface area contributed by atoms with Crippen LogP contribution < -0.4 is 5.32 Å². The van der Waals surface area contributed by atoms with E-state index >= 15 is 0 Å². The number of rotatable bonds is 4. The molecule has 7 heteroatoms. The molecule has 0 saturated heterocycles. The molecule has 2 rings (SSSR count). The molecule has 1 aromatic heterocycles. The molecule has 2 aromatic rings. The molecule has 21 heavy (non-hydrogen) atoms. The zero-order valence-electron chi connectivity index (χ0n) is 10.7. The number of carboxylic acids is 1. The van der Waals surface area contributed by atoms with Crippen molar-refractivity contribution in [1.82, 2.24) is 4.98 Å². The smallest absolute Gasteiger partial charge is 0.416 e. The summed E-state index contributed by atoms with van der Waals surface area (Å²) in [7, 11) is 0. The van der Waals surface area contributed by atoms with Gasteiger partial charge < -0.3 is 10.4 Å². The number of nitrogens with one attached hydrogen (secondary N) is 1. The lowest BCUT2D eigenvalue weighted by molar-refractivity contribution is -0.138. The van der Waals surface area contributed by atoms with Crippen molar-refractivity contribution < 1.29 is 23.1 Å². The number of pyridine rings is 1. The molecule has 2 N–H and O–H groups in total. The molecule has 0 aliphatic heterocycles. The van der Waals surface area contributed by atoms with Crippen molar-refractivity contribution in [3.63, 3.8) is 0 Å². The summed E-state index contributed by atoms with van der Waals surface area (Å²) < 4.78 is 38.5. The van der Waals surface area contributed by atoms with Gasteiger partial charge in [-0.15, -0.1) is 0 Å². The fourth-order valence-corrected chi connectivity index (χ4v) is 1.85. The zero-order chi connectivity index (χ0) is 15.5. The lowest BCUT2D eigenvalue weighted by Crippen LogP contribution is -2.13. The molecule has 4 nitrogen and oxygen atoms in total. The number of aromatic nitrogens is 1. The maximum atomic E-state index is 12.8. The summed E-state index contributed by atoms with van der Waals surface area (Å²) in [6.45, 7) is -0.174. The first-order chi connectivity index (χ1) is 9.89. The molecule has 0 radical (unpaired) electrons. The van der Waals surface area contributed by atoms with Crippen molar-refractivity contribution in [3.05, 3.63) is 59.3 Å². The van der Waals surface area contributed by atoms with Crippen LogP contribution in [0, 0.1) is 0 Å². The van der Waals surface area contributed by atoms with Gasteiger partial charge in [0.05, 0.1) is 5.56 Å². The molecule has 0 atom stereocenters. The van der Waals surface area contributed by atoms with Gasteiger partial charge in [-0.3, -0.25) is 0 Å². The predicted octanol–water partition coefficient (Wildman–Crippen LogP) is 3.41. The average molecular weight is 296 g/mol. The van der Waals surface area contributed by atoms with Gasteiger partial charge in [0.25, 0.3) is 0 Å². The standard InChI is InChI=1S/C14H11F3N2O2/c15-14(16,17)11-6-2-1-4-9(11)8-19-12-10(13(20)21)5-3-7-18-12/h1-7H,8H2,(H,18,19)(H,20,21). The van der Waals surface area contributed by atoms with Gasteiger partial charge in [-0.25, -0.2) is 9.78 Å². The molecule has 0 fully saturated rings. The van der Waals surface area contributed by atoms with Crippen LogP contribution in [0.25, 0.3) is 0 Å². The summed E-state index contributed by atoms with van der Waals surface area (Å²) in [5.74, 6) is -1.17. The van der Waals surface area contributed by atoms with Gasteiger partial charge in [0.15, 0.2) is 0 Å². The fourth-order valence-electron chi connectivity index (χ4n) is 1.85.